The molecule has 0 amide bonds. The van der Waals surface area contributed by atoms with Crippen LogP contribution in [-0.2, 0) is 16.4 Å². The van der Waals surface area contributed by atoms with E-state index in [9.17, 15) is 8.42 Å². The Hall–Kier alpha value is -1.93. The molecule has 0 aliphatic heterocycles. The lowest BCUT2D eigenvalue weighted by atomic mass is 10.2. The van der Waals surface area contributed by atoms with Crippen molar-refractivity contribution < 1.29 is 13.5 Å². The second kappa shape index (κ2) is 4.98. The normalized spacial score (nSPS) is 11.7. The number of anilines is 1. The highest BCUT2D eigenvalue weighted by Crippen LogP contribution is 2.23. The van der Waals surface area contributed by atoms with Crippen molar-refractivity contribution in [2.45, 2.75) is 23.4 Å². The predicted molar refractivity (Wildman–Crippen MR) is 68.2 cm³/mol. The van der Waals surface area contributed by atoms with E-state index in [0.29, 0.717) is 0 Å². The van der Waals surface area contributed by atoms with Gasteiger partial charge in [0.25, 0.3) is 0 Å². The van der Waals surface area contributed by atoms with E-state index < -0.39 is 9.84 Å². The van der Waals surface area contributed by atoms with Gasteiger partial charge in [0.2, 0.25) is 14.9 Å². The first-order valence-electron chi connectivity index (χ1n) is 5.58. The maximum absolute atomic E-state index is 12.3. The zero-order valence-corrected chi connectivity index (χ0v) is 11.1. The number of nitrogens with zero attached hydrogens (tertiary/aromatic N) is 3. The van der Waals surface area contributed by atoms with E-state index in [4.69, 9.17) is 10.8 Å². The first kappa shape index (κ1) is 13.5. The number of sulfone groups is 1. The number of nitrogen functional groups attached to an aromatic ring is 1. The van der Waals surface area contributed by atoms with Crippen LogP contribution < -0.4 is 5.73 Å². The van der Waals surface area contributed by atoms with Crippen LogP contribution in [0.15, 0.2) is 34.2 Å². The quantitative estimate of drug-likeness (QED) is 0.816. The van der Waals surface area contributed by atoms with Crippen LogP contribution in [0.5, 0.6) is 0 Å². The molecule has 0 atom stereocenters. The third-order valence-electron chi connectivity index (χ3n) is 2.64. The summed E-state index contributed by atoms with van der Waals surface area (Å²) < 4.78 is 25.8. The van der Waals surface area contributed by atoms with Crippen molar-refractivity contribution in [1.82, 2.24) is 15.0 Å². The number of aliphatic hydroxyl groups is 1. The molecule has 0 bridgehead atoms. The van der Waals surface area contributed by atoms with Crippen molar-refractivity contribution in [3.05, 3.63) is 29.8 Å². The summed E-state index contributed by atoms with van der Waals surface area (Å²) in [7, 11) is -3.78. The summed E-state index contributed by atoms with van der Waals surface area (Å²) >= 11 is 0. The van der Waals surface area contributed by atoms with Crippen LogP contribution in [0, 0.1) is 6.92 Å². The fourth-order valence-corrected chi connectivity index (χ4v) is 2.83. The molecule has 1 aromatic carbocycles. The molecule has 0 fully saturated rings. The van der Waals surface area contributed by atoms with Gasteiger partial charge in [-0.05, 0) is 19.1 Å². The minimum Gasteiger partial charge on any atom is -0.394 e. The highest BCUT2D eigenvalue weighted by molar-refractivity contribution is 7.91. The van der Waals surface area contributed by atoms with Crippen molar-refractivity contribution >= 4 is 15.7 Å². The fraction of sp³-hybridized carbons (Fsp3) is 0.273. The molecule has 0 spiro atoms. The van der Waals surface area contributed by atoms with Gasteiger partial charge in [-0.25, -0.2) is 13.1 Å². The van der Waals surface area contributed by atoms with Gasteiger partial charge in [0, 0.05) is 0 Å². The molecule has 8 heteroatoms. The van der Waals surface area contributed by atoms with Gasteiger partial charge < -0.3 is 10.8 Å². The number of hydrogen-bond acceptors (Lipinski definition) is 6. The van der Waals surface area contributed by atoms with Crippen LogP contribution in [0.25, 0.3) is 0 Å². The van der Waals surface area contributed by atoms with Crippen molar-refractivity contribution in [2.75, 3.05) is 12.3 Å². The molecular formula is C11H14N4O3S. The smallest absolute Gasteiger partial charge is 0.229 e. The molecule has 7 nitrogen and oxygen atoms in total. The molecule has 1 heterocycles. The molecule has 3 N–H and O–H groups in total. The van der Waals surface area contributed by atoms with Crippen LogP contribution >= 0.6 is 0 Å². The third kappa shape index (κ3) is 2.45. The van der Waals surface area contributed by atoms with Gasteiger partial charge in [0.05, 0.1) is 18.0 Å². The summed E-state index contributed by atoms with van der Waals surface area (Å²) in [5, 5.41) is 15.7. The fourth-order valence-electron chi connectivity index (χ4n) is 1.58. The first-order chi connectivity index (χ1) is 8.96. The average molecular weight is 282 g/mol. The Bertz CT molecular complexity index is 676. The number of benzene rings is 1. The molecule has 0 saturated heterocycles. The molecule has 0 saturated carbocycles. The number of aryl methyl sites for hydroxylation is 1. The van der Waals surface area contributed by atoms with E-state index in [1.165, 1.54) is 12.1 Å². The lowest BCUT2D eigenvalue weighted by Gasteiger charge is -2.03. The molecule has 1 aromatic heterocycles. The molecular weight excluding hydrogens is 268 g/mol. The van der Waals surface area contributed by atoms with Gasteiger partial charge in [0.1, 0.15) is 0 Å². The topological polar surface area (TPSA) is 111 Å². The zero-order chi connectivity index (χ0) is 14.0. The molecule has 0 aliphatic carbocycles. The van der Waals surface area contributed by atoms with Gasteiger partial charge in [-0.1, -0.05) is 22.9 Å². The molecule has 2 rings (SSSR count). The van der Waals surface area contributed by atoms with Crippen molar-refractivity contribution in [3.8, 4) is 0 Å². The molecule has 19 heavy (non-hydrogen) atoms. The van der Waals surface area contributed by atoms with Crippen LogP contribution in [-0.4, -0.2) is 35.1 Å². The summed E-state index contributed by atoms with van der Waals surface area (Å²) in [6.45, 7) is 1.77. The molecule has 2 aromatic rings. The zero-order valence-electron chi connectivity index (χ0n) is 10.3. The lowest BCUT2D eigenvalue weighted by molar-refractivity contribution is 0.269. The van der Waals surface area contributed by atoms with Crippen LogP contribution in [0.4, 0.5) is 5.82 Å². The number of rotatable bonds is 4. The third-order valence-corrected chi connectivity index (χ3v) is 4.33. The summed E-state index contributed by atoms with van der Waals surface area (Å²) in [4.78, 5) is 0.112. The number of hydrogen-bond donors (Lipinski definition) is 2. The summed E-state index contributed by atoms with van der Waals surface area (Å²) in [6.07, 6.45) is 0. The van der Waals surface area contributed by atoms with Gasteiger partial charge in [0.15, 0.2) is 5.82 Å². The molecule has 102 valence electrons. The highest BCUT2D eigenvalue weighted by Gasteiger charge is 2.25. The minimum absolute atomic E-state index is 0.0744. The van der Waals surface area contributed by atoms with E-state index >= 15 is 0 Å². The largest absolute Gasteiger partial charge is 0.394 e. The summed E-state index contributed by atoms with van der Waals surface area (Å²) in [5.41, 5.74) is 6.64. The van der Waals surface area contributed by atoms with Gasteiger partial charge in [-0.3, -0.25) is 0 Å². The Kier molecular flexibility index (Phi) is 3.54. The number of nitrogens with two attached hydrogens (primary N) is 1. The van der Waals surface area contributed by atoms with Gasteiger partial charge in [-0.2, -0.15) is 0 Å². The van der Waals surface area contributed by atoms with E-state index in [-0.39, 0.29) is 28.9 Å². The Balaban J connectivity index is 2.48. The molecule has 0 unspecified atom stereocenters. The van der Waals surface area contributed by atoms with Crippen LogP contribution in [0.2, 0.25) is 0 Å². The Morgan fingerprint density at radius 2 is 1.95 bits per heavy atom. The van der Waals surface area contributed by atoms with Crippen molar-refractivity contribution in [2.24, 2.45) is 0 Å². The van der Waals surface area contributed by atoms with E-state index in [1.807, 2.05) is 6.92 Å². The maximum Gasteiger partial charge on any atom is 0.229 e. The summed E-state index contributed by atoms with van der Waals surface area (Å²) in [6, 6.07) is 6.38. The van der Waals surface area contributed by atoms with Crippen LogP contribution in [0.1, 0.15) is 5.56 Å². The lowest BCUT2D eigenvalue weighted by Crippen LogP contribution is -2.10. The second-order valence-electron chi connectivity index (χ2n) is 4.04. The predicted octanol–water partition coefficient (Wildman–Crippen LogP) is -0.00618. The van der Waals surface area contributed by atoms with E-state index in [2.05, 4.69) is 10.3 Å². The number of aromatic nitrogens is 3. The van der Waals surface area contributed by atoms with E-state index in [0.717, 1.165) is 10.2 Å². The van der Waals surface area contributed by atoms with Gasteiger partial charge in [-0.15, -0.1) is 5.10 Å². The van der Waals surface area contributed by atoms with Gasteiger partial charge >= 0.3 is 0 Å². The van der Waals surface area contributed by atoms with Crippen molar-refractivity contribution in [1.29, 1.82) is 0 Å². The monoisotopic (exact) mass is 282 g/mol. The number of aliphatic hydroxyl groups excluding tert-OH is 1. The SMILES string of the molecule is Cc1ccc(S(=O)(=O)c2nnn(CCO)c2N)cc1. The Morgan fingerprint density at radius 1 is 1.32 bits per heavy atom. The Labute approximate surface area is 110 Å². The minimum atomic E-state index is -3.78. The first-order valence-corrected chi connectivity index (χ1v) is 7.06. The van der Waals surface area contributed by atoms with Crippen molar-refractivity contribution in [3.63, 3.8) is 0 Å². The average Bonchev–Trinajstić information content (AvgIpc) is 2.73. The highest BCUT2D eigenvalue weighted by atomic mass is 32.2. The Morgan fingerprint density at radius 3 is 2.53 bits per heavy atom. The summed E-state index contributed by atoms with van der Waals surface area (Å²) in [5.74, 6) is -0.0744. The van der Waals surface area contributed by atoms with Crippen LogP contribution in [0.3, 0.4) is 0 Å². The van der Waals surface area contributed by atoms with E-state index in [1.54, 1.807) is 12.1 Å². The molecule has 0 radical (unpaired) electrons. The maximum atomic E-state index is 12.3. The second-order valence-corrected chi connectivity index (χ2v) is 5.91. The molecule has 0 aliphatic rings. The standard InChI is InChI=1S/C11H14N4O3S/c1-8-2-4-9(5-3-8)19(17,18)11-10(12)15(6-7-16)14-13-11/h2-5,16H,6-7,12H2,1H3.